The highest BCUT2D eigenvalue weighted by Gasteiger charge is 2.20. The Morgan fingerprint density at radius 1 is 0.357 bits per heavy atom. The van der Waals surface area contributed by atoms with Crippen molar-refractivity contribution in [1.82, 2.24) is 14.5 Å². The molecule has 0 fully saturated rings. The van der Waals surface area contributed by atoms with Crippen LogP contribution in [0.25, 0.3) is 106 Å². The number of nitrogens with zero attached hydrogens (tertiary/aromatic N) is 3. The summed E-state index contributed by atoms with van der Waals surface area (Å²) in [6, 6.07) is 70.2. The molecule has 0 amide bonds. The minimum absolute atomic E-state index is 0.660. The molecule has 56 heavy (non-hydrogen) atoms. The monoisotopic (exact) mass is 715 g/mol. The number of fused-ring (bicyclic) bond motifs is 6. The average molecular weight is 716 g/mol. The predicted octanol–water partition coefficient (Wildman–Crippen LogP) is 13.8. The van der Waals surface area contributed by atoms with E-state index in [9.17, 15) is 0 Å². The normalized spacial score (nSPS) is 11.6. The van der Waals surface area contributed by atoms with Crippen LogP contribution in [0.2, 0.25) is 0 Å². The van der Waals surface area contributed by atoms with Crippen LogP contribution in [0, 0.1) is 0 Å². The van der Waals surface area contributed by atoms with E-state index in [0.717, 1.165) is 66.7 Å². The summed E-state index contributed by atoms with van der Waals surface area (Å²) >= 11 is 0. The summed E-state index contributed by atoms with van der Waals surface area (Å²) in [5.74, 6) is 0.660. The van der Waals surface area contributed by atoms with Crippen LogP contribution in [0.5, 0.6) is 0 Å². The maximum absolute atomic E-state index is 6.71. The Bertz CT molecular complexity index is 3160. The molecule has 4 heteroatoms. The minimum atomic E-state index is 0.660. The summed E-state index contributed by atoms with van der Waals surface area (Å²) in [5.41, 5.74) is 14.4. The zero-order valence-corrected chi connectivity index (χ0v) is 30.3. The van der Waals surface area contributed by atoms with Crippen molar-refractivity contribution in [2.75, 3.05) is 0 Å². The van der Waals surface area contributed by atoms with E-state index in [4.69, 9.17) is 14.4 Å². The van der Waals surface area contributed by atoms with Gasteiger partial charge in [0.1, 0.15) is 11.2 Å². The Kier molecular flexibility index (Phi) is 7.46. The zero-order valence-electron chi connectivity index (χ0n) is 30.3. The first-order chi connectivity index (χ1) is 27.7. The van der Waals surface area contributed by atoms with E-state index in [-0.39, 0.29) is 0 Å². The summed E-state index contributed by atoms with van der Waals surface area (Å²) in [6.45, 7) is 0. The molecule has 0 aliphatic heterocycles. The van der Waals surface area contributed by atoms with Crippen LogP contribution in [0.3, 0.4) is 0 Å². The van der Waals surface area contributed by atoms with Crippen LogP contribution in [-0.2, 0) is 0 Å². The lowest BCUT2D eigenvalue weighted by molar-refractivity contribution is 0.668. The SMILES string of the molecule is c1ccc(-c2ccc3c(c2)c2ccc(-c4ccccc4)cc2n3-c2ccc3c(c2)oc2cccc(-c4nc(-c5ccccc5)cc(-c5ccccc5)n4)c23)cc1. The lowest BCUT2D eigenvalue weighted by Crippen LogP contribution is -1.96. The van der Waals surface area contributed by atoms with Crippen molar-refractivity contribution in [3.63, 3.8) is 0 Å². The second kappa shape index (κ2) is 13.1. The van der Waals surface area contributed by atoms with Gasteiger partial charge in [0.25, 0.3) is 0 Å². The number of hydrogen-bond donors (Lipinski definition) is 0. The third-order valence-electron chi connectivity index (χ3n) is 10.8. The van der Waals surface area contributed by atoms with Crippen LogP contribution < -0.4 is 0 Å². The van der Waals surface area contributed by atoms with E-state index in [1.165, 1.54) is 33.0 Å². The molecule has 0 atom stereocenters. The third-order valence-corrected chi connectivity index (χ3v) is 10.8. The van der Waals surface area contributed by atoms with Crippen molar-refractivity contribution < 1.29 is 4.42 Å². The third kappa shape index (κ3) is 5.39. The molecule has 0 N–H and O–H groups in total. The highest BCUT2D eigenvalue weighted by atomic mass is 16.3. The van der Waals surface area contributed by atoms with Gasteiger partial charge in [0, 0.05) is 50.0 Å². The van der Waals surface area contributed by atoms with Gasteiger partial charge < -0.3 is 8.98 Å². The second-order valence-electron chi connectivity index (χ2n) is 14.2. The number of hydrogen-bond acceptors (Lipinski definition) is 3. The lowest BCUT2D eigenvalue weighted by atomic mass is 10.0. The summed E-state index contributed by atoms with van der Waals surface area (Å²) in [7, 11) is 0. The predicted molar refractivity (Wildman–Crippen MR) is 231 cm³/mol. The van der Waals surface area contributed by atoms with Crippen molar-refractivity contribution in [2.24, 2.45) is 0 Å². The molecular formula is C52H33N3O. The van der Waals surface area contributed by atoms with E-state index in [1.54, 1.807) is 0 Å². The molecule has 0 aliphatic rings. The van der Waals surface area contributed by atoms with Gasteiger partial charge in [-0.25, -0.2) is 9.97 Å². The van der Waals surface area contributed by atoms with Crippen LogP contribution in [-0.4, -0.2) is 14.5 Å². The first kappa shape index (κ1) is 31.9. The van der Waals surface area contributed by atoms with E-state index in [0.29, 0.717) is 5.82 Å². The Labute approximate surface area is 323 Å². The summed E-state index contributed by atoms with van der Waals surface area (Å²) in [6.07, 6.45) is 0. The van der Waals surface area contributed by atoms with Crippen molar-refractivity contribution in [2.45, 2.75) is 0 Å². The first-order valence-electron chi connectivity index (χ1n) is 18.9. The van der Waals surface area contributed by atoms with E-state index < -0.39 is 0 Å². The lowest BCUT2D eigenvalue weighted by Gasteiger charge is -2.11. The molecule has 262 valence electrons. The molecule has 0 unspecified atom stereocenters. The second-order valence-corrected chi connectivity index (χ2v) is 14.2. The van der Waals surface area contributed by atoms with Gasteiger partial charge >= 0.3 is 0 Å². The Morgan fingerprint density at radius 2 is 0.929 bits per heavy atom. The smallest absolute Gasteiger partial charge is 0.161 e. The number of benzene rings is 8. The quantitative estimate of drug-likeness (QED) is 0.172. The van der Waals surface area contributed by atoms with E-state index in [2.05, 4.69) is 156 Å². The van der Waals surface area contributed by atoms with Crippen LogP contribution in [0.15, 0.2) is 205 Å². The first-order valence-corrected chi connectivity index (χ1v) is 18.9. The maximum atomic E-state index is 6.71. The van der Waals surface area contributed by atoms with Gasteiger partial charge in [0.05, 0.1) is 22.4 Å². The largest absolute Gasteiger partial charge is 0.456 e. The Morgan fingerprint density at radius 3 is 1.57 bits per heavy atom. The standard InChI is InChI=1S/C52H33N3O/c1-5-14-34(15-6-1)38-25-29-47-44(30-38)41-27-24-39(35-16-7-2-8-17-35)31-48(41)55(47)40-26-28-42-50(32-40)56-49-23-13-22-43(51(42)49)52-53-45(36-18-9-3-10-19-36)33-46(54-52)37-20-11-4-12-21-37/h1-33H. The van der Waals surface area contributed by atoms with Crippen LogP contribution in [0.4, 0.5) is 0 Å². The fraction of sp³-hybridized carbons (Fsp3) is 0. The molecule has 0 radical (unpaired) electrons. The summed E-state index contributed by atoms with van der Waals surface area (Å²) < 4.78 is 9.08. The van der Waals surface area contributed by atoms with Crippen molar-refractivity contribution in [3.8, 4) is 61.8 Å². The topological polar surface area (TPSA) is 43.9 Å². The fourth-order valence-corrected chi connectivity index (χ4v) is 8.14. The van der Waals surface area contributed by atoms with Crippen molar-refractivity contribution >= 4 is 43.7 Å². The molecule has 4 nitrogen and oxygen atoms in total. The summed E-state index contributed by atoms with van der Waals surface area (Å²) in [4.78, 5) is 10.3. The van der Waals surface area contributed by atoms with Crippen LogP contribution in [0.1, 0.15) is 0 Å². The number of aromatic nitrogens is 3. The zero-order chi connectivity index (χ0) is 37.0. The fourth-order valence-electron chi connectivity index (χ4n) is 8.14. The minimum Gasteiger partial charge on any atom is -0.456 e. The molecule has 3 aromatic heterocycles. The van der Waals surface area contributed by atoms with Gasteiger partial charge in [-0.05, 0) is 64.7 Å². The molecule has 0 bridgehead atoms. The molecule has 0 aliphatic carbocycles. The van der Waals surface area contributed by atoms with Crippen molar-refractivity contribution in [3.05, 3.63) is 200 Å². The Balaban J connectivity index is 1.11. The molecule has 0 saturated heterocycles. The molecular weight excluding hydrogens is 683 g/mol. The summed E-state index contributed by atoms with van der Waals surface area (Å²) in [5, 5.41) is 4.43. The van der Waals surface area contributed by atoms with Crippen LogP contribution >= 0.6 is 0 Å². The van der Waals surface area contributed by atoms with Gasteiger partial charge in [-0.2, -0.15) is 0 Å². The van der Waals surface area contributed by atoms with E-state index >= 15 is 0 Å². The molecule has 11 aromatic rings. The van der Waals surface area contributed by atoms with Gasteiger partial charge in [0.2, 0.25) is 0 Å². The van der Waals surface area contributed by atoms with E-state index in [1.807, 2.05) is 48.5 Å². The van der Waals surface area contributed by atoms with Gasteiger partial charge in [0.15, 0.2) is 5.82 Å². The molecule has 0 spiro atoms. The number of rotatable bonds is 6. The van der Waals surface area contributed by atoms with Gasteiger partial charge in [-0.15, -0.1) is 0 Å². The molecule has 11 rings (SSSR count). The highest BCUT2D eigenvalue weighted by molar-refractivity contribution is 6.14. The maximum Gasteiger partial charge on any atom is 0.161 e. The highest BCUT2D eigenvalue weighted by Crippen LogP contribution is 2.41. The van der Waals surface area contributed by atoms with Crippen molar-refractivity contribution in [1.29, 1.82) is 0 Å². The molecule has 0 saturated carbocycles. The number of furan rings is 1. The molecule has 3 heterocycles. The Hall–Kier alpha value is -7.56. The van der Waals surface area contributed by atoms with Gasteiger partial charge in [-0.3, -0.25) is 0 Å². The molecule has 8 aromatic carbocycles. The average Bonchev–Trinajstić information content (AvgIpc) is 3.82. The van der Waals surface area contributed by atoms with Gasteiger partial charge in [-0.1, -0.05) is 152 Å².